The highest BCUT2D eigenvalue weighted by molar-refractivity contribution is 7.89. The van der Waals surface area contributed by atoms with Crippen molar-refractivity contribution in [2.24, 2.45) is 5.14 Å². The summed E-state index contributed by atoms with van der Waals surface area (Å²) in [5.74, 6) is 1.69. The van der Waals surface area contributed by atoms with Gasteiger partial charge in [-0.15, -0.1) is 11.3 Å². The summed E-state index contributed by atoms with van der Waals surface area (Å²) in [5.41, 5.74) is 4.18. The SMILES string of the molecule is Cc1cc(C#N)cc(C)c1Oc1nc(N[C@H]2CCN(Cc3ccc(S(N)(=O)=O)cc3)C2)nc2ccsc12. The molecule has 3 heterocycles. The molecule has 0 unspecified atom stereocenters. The Morgan fingerprint density at radius 2 is 1.92 bits per heavy atom. The van der Waals surface area contributed by atoms with Gasteiger partial charge in [-0.2, -0.15) is 10.2 Å². The Morgan fingerprint density at radius 3 is 2.59 bits per heavy atom. The molecule has 2 aromatic heterocycles. The van der Waals surface area contributed by atoms with E-state index in [-0.39, 0.29) is 10.9 Å². The summed E-state index contributed by atoms with van der Waals surface area (Å²) in [4.78, 5) is 11.8. The Hall–Kier alpha value is -3.56. The highest BCUT2D eigenvalue weighted by Gasteiger charge is 2.24. The van der Waals surface area contributed by atoms with Crippen molar-refractivity contribution in [3.8, 4) is 17.7 Å². The van der Waals surface area contributed by atoms with Crippen molar-refractivity contribution in [1.29, 1.82) is 5.26 Å². The lowest BCUT2D eigenvalue weighted by atomic mass is 10.1. The molecule has 0 amide bonds. The van der Waals surface area contributed by atoms with E-state index in [0.29, 0.717) is 29.7 Å². The largest absolute Gasteiger partial charge is 0.437 e. The van der Waals surface area contributed by atoms with Gasteiger partial charge in [-0.3, -0.25) is 4.90 Å². The van der Waals surface area contributed by atoms with Crippen LogP contribution < -0.4 is 15.2 Å². The molecule has 5 rings (SSSR count). The molecule has 3 N–H and O–H groups in total. The first-order valence-electron chi connectivity index (χ1n) is 11.7. The Balaban J connectivity index is 1.30. The van der Waals surface area contributed by atoms with Crippen molar-refractivity contribution < 1.29 is 13.2 Å². The predicted molar refractivity (Wildman–Crippen MR) is 143 cm³/mol. The number of nitrogens with one attached hydrogen (secondary N) is 1. The average molecular weight is 535 g/mol. The third-order valence-corrected chi connectivity index (χ3v) is 8.15. The van der Waals surface area contributed by atoms with E-state index in [0.717, 1.165) is 46.4 Å². The first-order chi connectivity index (χ1) is 17.7. The van der Waals surface area contributed by atoms with Gasteiger partial charge in [0.15, 0.2) is 0 Å². The zero-order valence-electron chi connectivity index (χ0n) is 20.4. The fourth-order valence-electron chi connectivity index (χ4n) is 4.56. The highest BCUT2D eigenvalue weighted by atomic mass is 32.2. The van der Waals surface area contributed by atoms with Crippen molar-refractivity contribution in [2.45, 2.75) is 37.8 Å². The Bertz CT molecular complexity index is 1590. The van der Waals surface area contributed by atoms with Gasteiger partial charge in [-0.25, -0.2) is 18.5 Å². The monoisotopic (exact) mass is 534 g/mol. The summed E-state index contributed by atoms with van der Waals surface area (Å²) in [5, 5.41) is 19.9. The van der Waals surface area contributed by atoms with Gasteiger partial charge in [0.2, 0.25) is 21.9 Å². The van der Waals surface area contributed by atoms with Gasteiger partial charge in [-0.1, -0.05) is 12.1 Å². The van der Waals surface area contributed by atoms with E-state index in [1.54, 1.807) is 24.3 Å². The maximum absolute atomic E-state index is 11.5. The summed E-state index contributed by atoms with van der Waals surface area (Å²) in [6.45, 7) is 6.24. The Morgan fingerprint density at radius 1 is 1.19 bits per heavy atom. The zero-order chi connectivity index (χ0) is 26.2. The number of thiophene rings is 1. The summed E-state index contributed by atoms with van der Waals surface area (Å²) < 4.78 is 30.1. The molecule has 0 saturated carbocycles. The van der Waals surface area contributed by atoms with Crippen LogP contribution in [0.1, 0.15) is 28.7 Å². The quantitative estimate of drug-likeness (QED) is 0.358. The number of fused-ring (bicyclic) bond motifs is 1. The molecule has 1 fully saturated rings. The van der Waals surface area contributed by atoms with Crippen LogP contribution in [0.3, 0.4) is 0 Å². The van der Waals surface area contributed by atoms with Crippen LogP contribution in [0.15, 0.2) is 52.7 Å². The van der Waals surface area contributed by atoms with E-state index in [2.05, 4.69) is 16.3 Å². The van der Waals surface area contributed by atoms with Crippen LogP contribution in [0.5, 0.6) is 11.6 Å². The topological polar surface area (TPSA) is 134 Å². The lowest BCUT2D eigenvalue weighted by Gasteiger charge is -2.17. The second kappa shape index (κ2) is 10.1. The third-order valence-electron chi connectivity index (χ3n) is 6.32. The maximum Gasteiger partial charge on any atom is 0.242 e. The van der Waals surface area contributed by atoms with E-state index in [4.69, 9.17) is 19.8 Å². The third kappa shape index (κ3) is 5.57. The van der Waals surface area contributed by atoms with E-state index in [1.165, 1.54) is 11.3 Å². The van der Waals surface area contributed by atoms with Gasteiger partial charge in [0.05, 0.1) is 22.0 Å². The number of hydrogen-bond donors (Lipinski definition) is 2. The number of nitrogens with two attached hydrogens (primary N) is 1. The number of nitriles is 1. The van der Waals surface area contributed by atoms with Crippen LogP contribution in [0.2, 0.25) is 0 Å². The van der Waals surface area contributed by atoms with Crippen molar-refractivity contribution >= 4 is 37.5 Å². The highest BCUT2D eigenvalue weighted by Crippen LogP contribution is 2.35. The van der Waals surface area contributed by atoms with Crippen molar-refractivity contribution in [3.05, 3.63) is 70.1 Å². The number of rotatable bonds is 7. The molecule has 2 aromatic carbocycles. The van der Waals surface area contributed by atoms with Gasteiger partial charge < -0.3 is 10.1 Å². The summed E-state index contributed by atoms with van der Waals surface area (Å²) in [7, 11) is -3.69. The van der Waals surface area contributed by atoms with Gasteiger partial charge in [0.25, 0.3) is 0 Å². The van der Waals surface area contributed by atoms with Crippen LogP contribution >= 0.6 is 11.3 Å². The van der Waals surface area contributed by atoms with Gasteiger partial charge in [0, 0.05) is 25.7 Å². The van der Waals surface area contributed by atoms with Gasteiger partial charge in [0.1, 0.15) is 10.4 Å². The fourth-order valence-corrected chi connectivity index (χ4v) is 5.83. The van der Waals surface area contributed by atoms with Crippen molar-refractivity contribution in [2.75, 3.05) is 18.4 Å². The molecule has 0 spiro atoms. The van der Waals surface area contributed by atoms with E-state index >= 15 is 0 Å². The molecule has 37 heavy (non-hydrogen) atoms. The number of anilines is 1. The van der Waals surface area contributed by atoms with Crippen molar-refractivity contribution in [1.82, 2.24) is 14.9 Å². The summed E-state index contributed by atoms with van der Waals surface area (Å²) in [6, 6.07) is 14.6. The van der Waals surface area contributed by atoms with Crippen molar-refractivity contribution in [3.63, 3.8) is 0 Å². The number of aromatic nitrogens is 2. The number of hydrogen-bond acceptors (Lipinski definition) is 9. The first-order valence-corrected chi connectivity index (χ1v) is 14.2. The first kappa shape index (κ1) is 25.1. The van der Waals surface area contributed by atoms with Crippen LogP contribution in [0.4, 0.5) is 5.95 Å². The minimum absolute atomic E-state index is 0.114. The molecule has 9 nitrogen and oxygen atoms in total. The molecule has 0 bridgehead atoms. The maximum atomic E-state index is 11.5. The predicted octanol–water partition coefficient (Wildman–Crippen LogP) is 4.31. The molecule has 4 aromatic rings. The number of sulfonamides is 1. The van der Waals surface area contributed by atoms with Crippen LogP contribution in [-0.2, 0) is 16.6 Å². The Labute approximate surface area is 219 Å². The molecule has 190 valence electrons. The minimum Gasteiger partial charge on any atom is -0.437 e. The number of nitrogens with zero attached hydrogens (tertiary/aromatic N) is 4. The molecule has 0 radical (unpaired) electrons. The van der Waals surface area contributed by atoms with Crippen LogP contribution in [0.25, 0.3) is 10.2 Å². The molecular weight excluding hydrogens is 508 g/mol. The number of primary sulfonamides is 1. The van der Waals surface area contributed by atoms with Gasteiger partial charge in [-0.05, 0) is 72.7 Å². The van der Waals surface area contributed by atoms with Crippen LogP contribution in [-0.4, -0.2) is 42.4 Å². The number of likely N-dealkylation sites (tertiary alicyclic amines) is 1. The Kier molecular flexibility index (Phi) is 6.83. The molecular formula is C26H26N6O3S2. The second-order valence-electron chi connectivity index (χ2n) is 9.19. The molecule has 1 atom stereocenters. The lowest BCUT2D eigenvalue weighted by molar-refractivity contribution is 0.328. The smallest absolute Gasteiger partial charge is 0.242 e. The summed E-state index contributed by atoms with van der Waals surface area (Å²) in [6.07, 6.45) is 0.921. The number of ether oxygens (including phenoxy) is 1. The average Bonchev–Trinajstić information content (AvgIpc) is 3.50. The molecule has 1 aliphatic heterocycles. The van der Waals surface area contributed by atoms with Gasteiger partial charge >= 0.3 is 0 Å². The lowest BCUT2D eigenvalue weighted by Crippen LogP contribution is -2.26. The molecule has 1 saturated heterocycles. The van der Waals surface area contributed by atoms with E-state index < -0.39 is 10.0 Å². The molecule has 1 aliphatic rings. The zero-order valence-corrected chi connectivity index (χ0v) is 22.1. The molecule has 11 heteroatoms. The number of benzene rings is 2. The fraction of sp³-hybridized carbons (Fsp3) is 0.269. The standard InChI is InChI=1S/C26H26N6O3S2/c1-16-11-19(13-27)12-17(2)23(16)35-25-24-22(8-10-36-24)30-26(31-25)29-20-7-9-32(15-20)14-18-3-5-21(6-4-18)37(28,33)34/h3-6,8,10-12,20H,7,9,14-15H2,1-2H3,(H2,28,33,34)(H,29,30,31)/t20-/m0/s1. The van der Waals surface area contributed by atoms with E-state index in [1.807, 2.05) is 37.4 Å². The molecule has 0 aliphatic carbocycles. The second-order valence-corrected chi connectivity index (χ2v) is 11.7. The minimum atomic E-state index is -3.69. The normalized spacial score (nSPS) is 16.1. The van der Waals surface area contributed by atoms with E-state index in [9.17, 15) is 13.7 Å². The summed E-state index contributed by atoms with van der Waals surface area (Å²) >= 11 is 1.52. The number of aryl methyl sites for hydroxylation is 2. The van der Waals surface area contributed by atoms with Crippen LogP contribution in [0, 0.1) is 25.2 Å².